The van der Waals surface area contributed by atoms with E-state index in [4.69, 9.17) is 22.1 Å². The van der Waals surface area contributed by atoms with Crippen LogP contribution in [-0.4, -0.2) is 66.1 Å². The first-order valence-corrected chi connectivity index (χ1v) is 13.1. The number of benzene rings is 2. The van der Waals surface area contributed by atoms with Crippen LogP contribution in [0.1, 0.15) is 11.8 Å². The Kier molecular flexibility index (Phi) is 7.70. The number of nitrogen functional groups attached to an aromatic ring is 1. The SMILES string of the molecule is Nc1ncnc2c1ncn2[C@@H]1O[C@H](CSCCNCc2cccc(-c3ccc(Cl)cc3)c2)[C@@H](O)[C@H]1O. The summed E-state index contributed by atoms with van der Waals surface area (Å²) in [6.07, 6.45) is -0.587. The summed E-state index contributed by atoms with van der Waals surface area (Å²) >= 11 is 7.65. The number of ether oxygens (including phenoxy) is 1. The number of aliphatic hydroxyl groups excluding tert-OH is 2. The number of fused-ring (bicyclic) bond motifs is 1. The quantitative estimate of drug-likeness (QED) is 0.243. The Morgan fingerprint density at radius 3 is 2.72 bits per heavy atom. The highest BCUT2D eigenvalue weighted by Gasteiger charge is 2.44. The minimum Gasteiger partial charge on any atom is -0.387 e. The zero-order chi connectivity index (χ0) is 25.1. The topological polar surface area (TPSA) is 131 Å². The average Bonchev–Trinajstić information content (AvgIpc) is 3.44. The van der Waals surface area contributed by atoms with Crippen molar-refractivity contribution >= 4 is 40.3 Å². The standard InChI is InChI=1S/C25H27ClN6O3S/c26-18-6-4-16(5-7-18)17-3-1-2-15(10-17)11-28-8-9-36-12-19-21(33)22(34)25(35-19)32-14-31-20-23(27)29-13-30-24(20)32/h1-7,10,13-14,19,21-22,25,28,33-34H,8-9,11-12H2,(H2,27,29,30)/t19-,21-,22-,25-/m1/s1. The molecule has 188 valence electrons. The van der Waals surface area contributed by atoms with Gasteiger partial charge in [0.15, 0.2) is 17.7 Å². The Morgan fingerprint density at radius 1 is 1.06 bits per heavy atom. The summed E-state index contributed by atoms with van der Waals surface area (Å²) in [5.74, 6) is 1.64. The van der Waals surface area contributed by atoms with Crippen LogP contribution in [0.25, 0.3) is 22.3 Å². The van der Waals surface area contributed by atoms with E-state index in [0.29, 0.717) is 16.9 Å². The molecule has 0 spiro atoms. The molecule has 36 heavy (non-hydrogen) atoms. The van der Waals surface area contributed by atoms with Crippen molar-refractivity contribution in [3.63, 3.8) is 0 Å². The largest absolute Gasteiger partial charge is 0.387 e. The number of halogens is 1. The molecular weight excluding hydrogens is 500 g/mol. The van der Waals surface area contributed by atoms with Crippen LogP contribution in [0.2, 0.25) is 5.02 Å². The lowest BCUT2D eigenvalue weighted by Crippen LogP contribution is -2.32. The van der Waals surface area contributed by atoms with Gasteiger partial charge in [-0.1, -0.05) is 41.9 Å². The Morgan fingerprint density at radius 2 is 1.89 bits per heavy atom. The van der Waals surface area contributed by atoms with Crippen LogP contribution >= 0.6 is 23.4 Å². The van der Waals surface area contributed by atoms with E-state index in [1.54, 1.807) is 16.3 Å². The van der Waals surface area contributed by atoms with Crippen LogP contribution in [0.4, 0.5) is 5.82 Å². The number of aliphatic hydroxyl groups is 2. The second-order valence-corrected chi connectivity index (χ2v) is 10.2. The van der Waals surface area contributed by atoms with Gasteiger partial charge in [-0.05, 0) is 34.9 Å². The van der Waals surface area contributed by atoms with Crippen molar-refractivity contribution in [1.29, 1.82) is 0 Å². The lowest BCUT2D eigenvalue weighted by atomic mass is 10.0. The van der Waals surface area contributed by atoms with E-state index in [2.05, 4.69) is 44.5 Å². The smallest absolute Gasteiger partial charge is 0.167 e. The molecule has 2 aromatic carbocycles. The van der Waals surface area contributed by atoms with Gasteiger partial charge in [-0.2, -0.15) is 11.8 Å². The molecular formula is C25H27ClN6O3S. The summed E-state index contributed by atoms with van der Waals surface area (Å²) in [4.78, 5) is 12.3. The fourth-order valence-corrected chi connectivity index (χ4v) is 5.32. The van der Waals surface area contributed by atoms with Crippen LogP contribution in [0, 0.1) is 0 Å². The van der Waals surface area contributed by atoms with Crippen molar-refractivity contribution in [2.45, 2.75) is 31.1 Å². The predicted octanol–water partition coefficient (Wildman–Crippen LogP) is 2.87. The third-order valence-electron chi connectivity index (χ3n) is 6.14. The van der Waals surface area contributed by atoms with Gasteiger partial charge in [0.25, 0.3) is 0 Å². The molecule has 2 aromatic heterocycles. The van der Waals surface area contributed by atoms with Gasteiger partial charge in [0.05, 0.1) is 12.4 Å². The minimum absolute atomic E-state index is 0.253. The number of nitrogens with two attached hydrogens (primary N) is 1. The van der Waals surface area contributed by atoms with Crippen molar-refractivity contribution in [3.05, 3.63) is 71.8 Å². The van der Waals surface area contributed by atoms with Gasteiger partial charge in [0, 0.05) is 29.6 Å². The fourth-order valence-electron chi connectivity index (χ4n) is 4.23. The van der Waals surface area contributed by atoms with Crippen LogP contribution in [0.3, 0.4) is 0 Å². The van der Waals surface area contributed by atoms with Crippen LogP contribution in [-0.2, 0) is 11.3 Å². The number of hydrogen-bond donors (Lipinski definition) is 4. The second-order valence-electron chi connectivity index (χ2n) is 8.59. The van der Waals surface area contributed by atoms with Gasteiger partial charge in [-0.15, -0.1) is 0 Å². The molecule has 9 nitrogen and oxygen atoms in total. The molecule has 0 radical (unpaired) electrons. The molecule has 0 saturated carbocycles. The van der Waals surface area contributed by atoms with E-state index in [1.165, 1.54) is 18.2 Å². The lowest BCUT2D eigenvalue weighted by molar-refractivity contribution is -0.0289. The number of anilines is 1. The summed E-state index contributed by atoms with van der Waals surface area (Å²) < 4.78 is 7.58. The number of hydrogen-bond acceptors (Lipinski definition) is 9. The number of nitrogens with zero attached hydrogens (tertiary/aromatic N) is 4. The number of aromatic nitrogens is 4. The maximum atomic E-state index is 10.6. The Bertz CT molecular complexity index is 1320. The molecule has 4 aromatic rings. The highest BCUT2D eigenvalue weighted by atomic mass is 35.5. The van der Waals surface area contributed by atoms with E-state index in [0.717, 1.165) is 35.0 Å². The van der Waals surface area contributed by atoms with Crippen LogP contribution in [0.5, 0.6) is 0 Å². The van der Waals surface area contributed by atoms with Crippen LogP contribution in [0.15, 0.2) is 61.2 Å². The molecule has 0 aliphatic carbocycles. The highest BCUT2D eigenvalue weighted by Crippen LogP contribution is 2.33. The molecule has 3 heterocycles. The van der Waals surface area contributed by atoms with Crippen molar-refractivity contribution in [3.8, 4) is 11.1 Å². The van der Waals surface area contributed by atoms with Gasteiger partial charge < -0.3 is 26.0 Å². The average molecular weight is 527 g/mol. The minimum atomic E-state index is -1.10. The van der Waals surface area contributed by atoms with Gasteiger partial charge in [0.1, 0.15) is 24.1 Å². The summed E-state index contributed by atoms with van der Waals surface area (Å²) in [7, 11) is 0. The van der Waals surface area contributed by atoms with Crippen molar-refractivity contribution < 1.29 is 14.9 Å². The van der Waals surface area contributed by atoms with E-state index < -0.39 is 24.5 Å². The predicted molar refractivity (Wildman–Crippen MR) is 142 cm³/mol. The number of nitrogens with one attached hydrogen (secondary N) is 1. The second kappa shape index (κ2) is 11.1. The first-order chi connectivity index (χ1) is 17.5. The molecule has 1 saturated heterocycles. The third-order valence-corrected chi connectivity index (χ3v) is 7.45. The zero-order valence-electron chi connectivity index (χ0n) is 19.4. The van der Waals surface area contributed by atoms with E-state index >= 15 is 0 Å². The van der Waals surface area contributed by atoms with Crippen molar-refractivity contribution in [1.82, 2.24) is 24.8 Å². The van der Waals surface area contributed by atoms with E-state index in [1.807, 2.05) is 24.3 Å². The summed E-state index contributed by atoms with van der Waals surface area (Å²) in [5.41, 5.74) is 10.2. The molecule has 1 aliphatic heterocycles. The maximum Gasteiger partial charge on any atom is 0.167 e. The summed E-state index contributed by atoms with van der Waals surface area (Å²) in [6, 6.07) is 16.2. The zero-order valence-corrected chi connectivity index (χ0v) is 20.9. The van der Waals surface area contributed by atoms with Crippen molar-refractivity contribution in [2.75, 3.05) is 23.8 Å². The van der Waals surface area contributed by atoms with Gasteiger partial charge >= 0.3 is 0 Å². The molecule has 1 aliphatic rings. The number of thioether (sulfide) groups is 1. The third kappa shape index (κ3) is 5.34. The van der Waals surface area contributed by atoms with E-state index in [9.17, 15) is 10.2 Å². The molecule has 0 amide bonds. The first-order valence-electron chi connectivity index (χ1n) is 11.6. The Hall–Kier alpha value is -2.73. The van der Waals surface area contributed by atoms with Gasteiger partial charge in [-0.3, -0.25) is 4.57 Å². The monoisotopic (exact) mass is 526 g/mol. The lowest BCUT2D eigenvalue weighted by Gasteiger charge is -2.16. The summed E-state index contributed by atoms with van der Waals surface area (Å²) in [6.45, 7) is 1.55. The maximum absolute atomic E-state index is 10.6. The van der Waals surface area contributed by atoms with Crippen molar-refractivity contribution in [2.24, 2.45) is 0 Å². The Balaban J connectivity index is 1.09. The fraction of sp³-hybridized carbons (Fsp3) is 0.320. The molecule has 0 unspecified atom stereocenters. The van der Waals surface area contributed by atoms with Crippen LogP contribution < -0.4 is 11.1 Å². The molecule has 1 fully saturated rings. The summed E-state index contributed by atoms with van der Waals surface area (Å²) in [5, 5.41) is 25.3. The van der Waals surface area contributed by atoms with E-state index in [-0.39, 0.29) is 5.82 Å². The Labute approximate surface area is 217 Å². The first kappa shape index (κ1) is 24.9. The molecule has 0 bridgehead atoms. The normalized spacial score (nSPS) is 21.9. The number of rotatable bonds is 9. The molecule has 4 atom stereocenters. The van der Waals surface area contributed by atoms with Gasteiger partial charge in [-0.25, -0.2) is 15.0 Å². The number of imidazole rings is 1. The highest BCUT2D eigenvalue weighted by molar-refractivity contribution is 7.99. The molecule has 5 N–H and O–H groups in total. The molecule has 11 heteroatoms. The van der Waals surface area contributed by atoms with Gasteiger partial charge in [0.2, 0.25) is 0 Å². The molecule has 5 rings (SSSR count).